The van der Waals surface area contributed by atoms with Crippen LogP contribution >= 0.6 is 0 Å². The largest absolute Gasteiger partial charge is 0.0622 e. The molecule has 28 heavy (non-hydrogen) atoms. The zero-order chi connectivity index (χ0) is 19.6. The number of hydrogen-bond acceptors (Lipinski definition) is 0. The molecule has 4 rings (SSSR count). The Hall–Kier alpha value is -3.12. The fraction of sp³-hybridized carbons (Fsp3) is 0.143. The summed E-state index contributed by atoms with van der Waals surface area (Å²) in [5, 5.41) is 0. The van der Waals surface area contributed by atoms with E-state index in [-0.39, 0.29) is 5.41 Å². The van der Waals surface area contributed by atoms with Crippen molar-refractivity contribution in [3.8, 4) is 33.4 Å². The summed E-state index contributed by atoms with van der Waals surface area (Å²) in [5.41, 5.74) is 9.10. The van der Waals surface area contributed by atoms with Gasteiger partial charge in [-0.15, -0.1) is 0 Å². The molecule has 0 aliphatic rings. The lowest BCUT2D eigenvalue weighted by Crippen LogP contribution is -2.12. The van der Waals surface area contributed by atoms with E-state index in [4.69, 9.17) is 0 Å². The quantitative estimate of drug-likeness (QED) is 0.346. The van der Waals surface area contributed by atoms with Gasteiger partial charge >= 0.3 is 0 Å². The van der Waals surface area contributed by atoms with Crippen LogP contribution in [0.2, 0.25) is 0 Å². The standard InChI is InChI=1S/C28H26/c1-28(2,3)27-12-8-7-11-26(27)25-19-17-24(18-20-25)23-15-13-22(14-16-23)21-9-5-4-6-10-21/h4-20H,1-3H3. The maximum absolute atomic E-state index is 2.27. The van der Waals surface area contributed by atoms with Gasteiger partial charge in [-0.05, 0) is 44.4 Å². The molecule has 138 valence electrons. The molecule has 4 aromatic rings. The van der Waals surface area contributed by atoms with Crippen molar-refractivity contribution in [3.05, 3.63) is 109 Å². The first-order valence-electron chi connectivity index (χ1n) is 9.88. The van der Waals surface area contributed by atoms with Crippen molar-refractivity contribution >= 4 is 0 Å². The minimum Gasteiger partial charge on any atom is -0.0622 e. The molecule has 0 saturated heterocycles. The van der Waals surface area contributed by atoms with E-state index in [0.717, 1.165) is 0 Å². The third-order valence-corrected chi connectivity index (χ3v) is 5.26. The highest BCUT2D eigenvalue weighted by Gasteiger charge is 2.18. The minimum atomic E-state index is 0.128. The minimum absolute atomic E-state index is 0.128. The lowest BCUT2D eigenvalue weighted by molar-refractivity contribution is 0.592. The van der Waals surface area contributed by atoms with Crippen molar-refractivity contribution in [2.24, 2.45) is 0 Å². The van der Waals surface area contributed by atoms with Gasteiger partial charge in [0.2, 0.25) is 0 Å². The lowest BCUT2D eigenvalue weighted by Gasteiger charge is -2.23. The Morgan fingerprint density at radius 2 is 0.786 bits per heavy atom. The second-order valence-corrected chi connectivity index (χ2v) is 8.32. The fourth-order valence-electron chi connectivity index (χ4n) is 3.72. The maximum atomic E-state index is 2.27. The molecule has 0 radical (unpaired) electrons. The van der Waals surface area contributed by atoms with Gasteiger partial charge in [-0.2, -0.15) is 0 Å². The second kappa shape index (κ2) is 7.48. The van der Waals surface area contributed by atoms with E-state index in [0.29, 0.717) is 0 Å². The molecule has 0 spiro atoms. The highest BCUT2D eigenvalue weighted by molar-refractivity contribution is 5.74. The van der Waals surface area contributed by atoms with Crippen LogP contribution < -0.4 is 0 Å². The zero-order valence-corrected chi connectivity index (χ0v) is 16.8. The first-order valence-corrected chi connectivity index (χ1v) is 9.88. The molecular weight excluding hydrogens is 336 g/mol. The molecule has 0 N–H and O–H groups in total. The molecule has 0 unspecified atom stereocenters. The van der Waals surface area contributed by atoms with Crippen molar-refractivity contribution in [1.82, 2.24) is 0 Å². The predicted molar refractivity (Wildman–Crippen MR) is 121 cm³/mol. The zero-order valence-electron chi connectivity index (χ0n) is 16.8. The molecule has 0 heteroatoms. The molecule has 0 fully saturated rings. The van der Waals surface area contributed by atoms with Crippen molar-refractivity contribution in [2.75, 3.05) is 0 Å². The van der Waals surface area contributed by atoms with Crippen LogP contribution in [0.5, 0.6) is 0 Å². The summed E-state index contributed by atoms with van der Waals surface area (Å²) >= 11 is 0. The molecule has 0 aromatic heterocycles. The molecule has 0 atom stereocenters. The van der Waals surface area contributed by atoms with Crippen LogP contribution in [-0.2, 0) is 5.41 Å². The van der Waals surface area contributed by atoms with Crippen molar-refractivity contribution in [3.63, 3.8) is 0 Å². The average Bonchev–Trinajstić information content (AvgIpc) is 2.74. The Bertz CT molecular complexity index is 1050. The average molecular weight is 363 g/mol. The second-order valence-electron chi connectivity index (χ2n) is 8.32. The molecule has 0 amide bonds. The van der Waals surface area contributed by atoms with Gasteiger partial charge < -0.3 is 0 Å². The SMILES string of the molecule is CC(C)(C)c1ccccc1-c1ccc(-c2ccc(-c3ccccc3)cc2)cc1. The summed E-state index contributed by atoms with van der Waals surface area (Å²) in [6, 6.07) is 37.0. The summed E-state index contributed by atoms with van der Waals surface area (Å²) in [5.74, 6) is 0. The molecular formula is C28H26. The van der Waals surface area contributed by atoms with Crippen LogP contribution in [0, 0.1) is 0 Å². The first-order chi connectivity index (χ1) is 13.5. The van der Waals surface area contributed by atoms with Gasteiger partial charge in [0.15, 0.2) is 0 Å². The number of hydrogen-bond donors (Lipinski definition) is 0. The summed E-state index contributed by atoms with van der Waals surface area (Å²) < 4.78 is 0. The Kier molecular flexibility index (Phi) is 4.88. The van der Waals surface area contributed by atoms with Gasteiger partial charge in [-0.25, -0.2) is 0 Å². The summed E-state index contributed by atoms with van der Waals surface area (Å²) in [4.78, 5) is 0. The van der Waals surface area contributed by atoms with Gasteiger partial charge in [-0.3, -0.25) is 0 Å². The first kappa shape index (κ1) is 18.3. The van der Waals surface area contributed by atoms with Crippen LogP contribution in [0.25, 0.3) is 33.4 Å². The predicted octanol–water partition coefficient (Wildman–Crippen LogP) is 7.99. The molecule has 0 bridgehead atoms. The normalized spacial score (nSPS) is 11.4. The molecule has 0 saturated carbocycles. The number of rotatable bonds is 3. The maximum Gasteiger partial charge on any atom is -0.0126 e. The molecule has 0 aliphatic carbocycles. The third-order valence-electron chi connectivity index (χ3n) is 5.26. The van der Waals surface area contributed by atoms with Crippen molar-refractivity contribution in [1.29, 1.82) is 0 Å². The fourth-order valence-corrected chi connectivity index (χ4v) is 3.72. The van der Waals surface area contributed by atoms with Gasteiger partial charge in [0.1, 0.15) is 0 Å². The smallest absolute Gasteiger partial charge is 0.0126 e. The summed E-state index contributed by atoms with van der Waals surface area (Å²) in [7, 11) is 0. The topological polar surface area (TPSA) is 0 Å². The van der Waals surface area contributed by atoms with Gasteiger partial charge in [0.05, 0.1) is 0 Å². The highest BCUT2D eigenvalue weighted by atomic mass is 14.2. The van der Waals surface area contributed by atoms with E-state index in [1.807, 2.05) is 0 Å². The third kappa shape index (κ3) is 3.77. The van der Waals surface area contributed by atoms with E-state index in [9.17, 15) is 0 Å². The van der Waals surface area contributed by atoms with Crippen LogP contribution in [-0.4, -0.2) is 0 Å². The van der Waals surface area contributed by atoms with E-state index in [2.05, 4.69) is 124 Å². The van der Waals surface area contributed by atoms with Gasteiger partial charge in [0.25, 0.3) is 0 Å². The van der Waals surface area contributed by atoms with Gasteiger partial charge in [-0.1, -0.05) is 124 Å². The summed E-state index contributed by atoms with van der Waals surface area (Å²) in [6.07, 6.45) is 0. The Balaban J connectivity index is 1.63. The molecule has 4 aromatic carbocycles. The van der Waals surface area contributed by atoms with Crippen LogP contribution in [0.1, 0.15) is 26.3 Å². The van der Waals surface area contributed by atoms with E-state index in [1.54, 1.807) is 0 Å². The summed E-state index contributed by atoms with van der Waals surface area (Å²) in [6.45, 7) is 6.82. The molecule has 0 nitrogen and oxygen atoms in total. The van der Waals surface area contributed by atoms with Crippen LogP contribution in [0.3, 0.4) is 0 Å². The van der Waals surface area contributed by atoms with Crippen molar-refractivity contribution < 1.29 is 0 Å². The van der Waals surface area contributed by atoms with Crippen LogP contribution in [0.4, 0.5) is 0 Å². The highest BCUT2D eigenvalue weighted by Crippen LogP contribution is 2.34. The molecule has 0 aliphatic heterocycles. The Morgan fingerprint density at radius 3 is 1.29 bits per heavy atom. The molecule has 0 heterocycles. The van der Waals surface area contributed by atoms with Crippen molar-refractivity contribution in [2.45, 2.75) is 26.2 Å². The van der Waals surface area contributed by atoms with Crippen LogP contribution in [0.15, 0.2) is 103 Å². The van der Waals surface area contributed by atoms with E-state index < -0.39 is 0 Å². The van der Waals surface area contributed by atoms with Gasteiger partial charge in [0, 0.05) is 0 Å². The monoisotopic (exact) mass is 362 g/mol. The number of benzene rings is 4. The van der Waals surface area contributed by atoms with E-state index in [1.165, 1.54) is 38.9 Å². The Labute approximate surface area is 168 Å². The van der Waals surface area contributed by atoms with E-state index >= 15 is 0 Å². The lowest BCUT2D eigenvalue weighted by atomic mass is 9.82. The Morgan fingerprint density at radius 1 is 0.393 bits per heavy atom.